The lowest BCUT2D eigenvalue weighted by Crippen LogP contribution is -2.25. The summed E-state index contributed by atoms with van der Waals surface area (Å²) in [6, 6.07) is 14.8. The molecule has 0 radical (unpaired) electrons. The maximum Gasteiger partial charge on any atom is 0.216 e. The number of nitrogens with one attached hydrogen (secondary N) is 1. The molecule has 0 aromatic heterocycles. The average molecular weight is 305 g/mol. The Morgan fingerprint density at radius 1 is 1.10 bits per heavy atom. The Morgan fingerprint density at radius 2 is 1.86 bits per heavy atom. The van der Waals surface area contributed by atoms with Gasteiger partial charge in [-0.2, -0.15) is 0 Å². The summed E-state index contributed by atoms with van der Waals surface area (Å²) < 4.78 is 32.0. The summed E-state index contributed by atoms with van der Waals surface area (Å²) in [6.45, 7) is 2.17. The Labute approximate surface area is 125 Å². The lowest BCUT2D eigenvalue weighted by Gasteiger charge is -2.09. The quantitative estimate of drug-likeness (QED) is 0.892. The molecule has 0 amide bonds. The number of hydrogen-bond acceptors (Lipinski definition) is 3. The number of benzene rings is 2. The van der Waals surface area contributed by atoms with Crippen LogP contribution < -0.4 is 9.46 Å². The molecule has 1 N–H and O–H groups in total. The van der Waals surface area contributed by atoms with Gasteiger partial charge >= 0.3 is 0 Å². The van der Waals surface area contributed by atoms with E-state index >= 15 is 0 Å². The minimum atomic E-state index is -3.37. The molecule has 2 aromatic carbocycles. The molecule has 0 saturated carbocycles. The first kappa shape index (κ1) is 15.5. The van der Waals surface area contributed by atoms with Gasteiger partial charge in [-0.1, -0.05) is 36.4 Å². The summed E-state index contributed by atoms with van der Waals surface area (Å²) >= 11 is 0. The van der Waals surface area contributed by atoms with Crippen LogP contribution in [0.5, 0.6) is 5.75 Å². The van der Waals surface area contributed by atoms with Gasteiger partial charge in [-0.15, -0.1) is 0 Å². The van der Waals surface area contributed by atoms with Crippen LogP contribution in [-0.4, -0.2) is 15.5 Å². The van der Waals surface area contributed by atoms with E-state index in [9.17, 15) is 8.42 Å². The number of ether oxygens (including phenoxy) is 1. The van der Waals surface area contributed by atoms with E-state index < -0.39 is 10.0 Å². The van der Waals surface area contributed by atoms with Gasteiger partial charge in [0.15, 0.2) is 0 Å². The standard InChI is InChI=1S/C16H19NO3S/c1-13-6-3-4-8-15(13)12-21(18,19)17-11-14-7-5-9-16(10-14)20-2/h3-10,17H,11-12H2,1-2H3. The van der Waals surface area contributed by atoms with Crippen molar-refractivity contribution in [1.82, 2.24) is 4.72 Å². The van der Waals surface area contributed by atoms with Crippen molar-refractivity contribution in [3.63, 3.8) is 0 Å². The van der Waals surface area contributed by atoms with E-state index in [0.29, 0.717) is 5.75 Å². The summed E-state index contributed by atoms with van der Waals surface area (Å²) in [5.41, 5.74) is 2.66. The molecule has 5 heteroatoms. The van der Waals surface area contributed by atoms with E-state index in [1.807, 2.05) is 55.5 Å². The van der Waals surface area contributed by atoms with Gasteiger partial charge in [0.25, 0.3) is 0 Å². The van der Waals surface area contributed by atoms with E-state index in [2.05, 4.69) is 4.72 Å². The zero-order valence-electron chi connectivity index (χ0n) is 12.2. The maximum absolute atomic E-state index is 12.1. The Morgan fingerprint density at radius 3 is 2.57 bits per heavy atom. The molecule has 21 heavy (non-hydrogen) atoms. The molecule has 0 aliphatic heterocycles. The number of sulfonamides is 1. The first-order chi connectivity index (χ1) is 10.00. The van der Waals surface area contributed by atoms with Crippen molar-refractivity contribution in [2.45, 2.75) is 19.2 Å². The molecule has 0 aliphatic carbocycles. The van der Waals surface area contributed by atoms with Gasteiger partial charge in [0.05, 0.1) is 12.9 Å². The molecule has 0 bridgehead atoms. The highest BCUT2D eigenvalue weighted by Crippen LogP contribution is 2.14. The molecule has 2 aromatic rings. The van der Waals surface area contributed by atoms with Crippen molar-refractivity contribution >= 4 is 10.0 Å². The van der Waals surface area contributed by atoms with Gasteiger partial charge in [0.1, 0.15) is 5.75 Å². The van der Waals surface area contributed by atoms with E-state index in [-0.39, 0.29) is 12.3 Å². The Bertz CT molecular complexity index is 711. The topological polar surface area (TPSA) is 55.4 Å². The second-order valence-electron chi connectivity index (χ2n) is 4.86. The molecule has 0 atom stereocenters. The second kappa shape index (κ2) is 6.74. The number of aryl methyl sites for hydroxylation is 1. The van der Waals surface area contributed by atoms with Crippen LogP contribution in [0, 0.1) is 6.92 Å². The lowest BCUT2D eigenvalue weighted by atomic mass is 10.1. The summed E-state index contributed by atoms with van der Waals surface area (Å²) in [5, 5.41) is 0. The molecule has 4 nitrogen and oxygen atoms in total. The first-order valence-corrected chi connectivity index (χ1v) is 8.30. The molecule has 112 valence electrons. The van der Waals surface area contributed by atoms with Crippen molar-refractivity contribution in [2.24, 2.45) is 0 Å². The molecule has 0 spiro atoms. The third-order valence-electron chi connectivity index (χ3n) is 3.24. The van der Waals surface area contributed by atoms with Crippen LogP contribution >= 0.6 is 0 Å². The summed E-state index contributed by atoms with van der Waals surface area (Å²) in [5.74, 6) is 0.703. The van der Waals surface area contributed by atoms with Crippen molar-refractivity contribution in [1.29, 1.82) is 0 Å². The third-order valence-corrected chi connectivity index (χ3v) is 4.51. The van der Waals surface area contributed by atoms with Crippen LogP contribution in [0.4, 0.5) is 0 Å². The molecular weight excluding hydrogens is 286 g/mol. The minimum Gasteiger partial charge on any atom is -0.497 e. The molecule has 0 heterocycles. The highest BCUT2D eigenvalue weighted by atomic mass is 32.2. The maximum atomic E-state index is 12.1. The molecular formula is C16H19NO3S. The zero-order valence-corrected chi connectivity index (χ0v) is 13.0. The normalized spacial score (nSPS) is 11.3. The van der Waals surface area contributed by atoms with Crippen molar-refractivity contribution in [2.75, 3.05) is 7.11 Å². The Kier molecular flexibility index (Phi) is 4.98. The van der Waals surface area contributed by atoms with Gasteiger partial charge in [-0.3, -0.25) is 0 Å². The smallest absolute Gasteiger partial charge is 0.216 e. The van der Waals surface area contributed by atoms with E-state index in [1.54, 1.807) is 7.11 Å². The highest BCUT2D eigenvalue weighted by Gasteiger charge is 2.12. The highest BCUT2D eigenvalue weighted by molar-refractivity contribution is 7.88. The van der Waals surface area contributed by atoms with Crippen molar-refractivity contribution < 1.29 is 13.2 Å². The fraction of sp³-hybridized carbons (Fsp3) is 0.250. The van der Waals surface area contributed by atoms with E-state index in [4.69, 9.17) is 4.74 Å². The predicted molar refractivity (Wildman–Crippen MR) is 83.6 cm³/mol. The second-order valence-corrected chi connectivity index (χ2v) is 6.67. The van der Waals surface area contributed by atoms with Crippen LogP contribution in [0.15, 0.2) is 48.5 Å². The van der Waals surface area contributed by atoms with Gasteiger partial charge in [-0.25, -0.2) is 13.1 Å². The summed E-state index contributed by atoms with van der Waals surface area (Å²) in [4.78, 5) is 0. The Hall–Kier alpha value is -1.85. The van der Waals surface area contributed by atoms with E-state index in [1.165, 1.54) is 0 Å². The molecule has 0 fully saturated rings. The van der Waals surface area contributed by atoms with Crippen LogP contribution in [0.2, 0.25) is 0 Å². The predicted octanol–water partition coefficient (Wildman–Crippen LogP) is 2.62. The number of rotatable bonds is 6. The number of methoxy groups -OCH3 is 1. The van der Waals surface area contributed by atoms with Gasteiger partial charge in [0.2, 0.25) is 10.0 Å². The molecule has 0 saturated heterocycles. The minimum absolute atomic E-state index is 0.0103. The average Bonchev–Trinajstić information content (AvgIpc) is 2.48. The van der Waals surface area contributed by atoms with Gasteiger partial charge < -0.3 is 4.74 Å². The monoisotopic (exact) mass is 305 g/mol. The third kappa shape index (κ3) is 4.58. The fourth-order valence-corrected chi connectivity index (χ4v) is 3.23. The van der Waals surface area contributed by atoms with Crippen LogP contribution in [-0.2, 0) is 22.3 Å². The Balaban J connectivity index is 2.03. The van der Waals surface area contributed by atoms with Crippen LogP contribution in [0.25, 0.3) is 0 Å². The van der Waals surface area contributed by atoms with E-state index in [0.717, 1.165) is 16.7 Å². The van der Waals surface area contributed by atoms with Gasteiger partial charge in [0, 0.05) is 6.54 Å². The largest absolute Gasteiger partial charge is 0.497 e. The summed E-state index contributed by atoms with van der Waals surface area (Å²) in [7, 11) is -1.78. The number of hydrogen-bond donors (Lipinski definition) is 1. The molecule has 2 rings (SSSR count). The fourth-order valence-electron chi connectivity index (χ4n) is 2.00. The van der Waals surface area contributed by atoms with Crippen LogP contribution in [0.1, 0.15) is 16.7 Å². The van der Waals surface area contributed by atoms with Gasteiger partial charge in [-0.05, 0) is 35.7 Å². The summed E-state index contributed by atoms with van der Waals surface area (Å²) in [6.07, 6.45) is 0. The zero-order chi connectivity index (χ0) is 15.3. The molecule has 0 aliphatic rings. The van der Waals surface area contributed by atoms with Crippen molar-refractivity contribution in [3.05, 3.63) is 65.2 Å². The van der Waals surface area contributed by atoms with Crippen molar-refractivity contribution in [3.8, 4) is 5.75 Å². The van der Waals surface area contributed by atoms with Crippen LogP contribution in [0.3, 0.4) is 0 Å². The molecule has 0 unspecified atom stereocenters. The first-order valence-electron chi connectivity index (χ1n) is 6.65. The SMILES string of the molecule is COc1cccc(CNS(=O)(=O)Cc2ccccc2C)c1. The lowest BCUT2D eigenvalue weighted by molar-refractivity contribution is 0.414.